The summed E-state index contributed by atoms with van der Waals surface area (Å²) in [4.78, 5) is 26.0. The van der Waals surface area contributed by atoms with Gasteiger partial charge in [-0.25, -0.2) is 4.79 Å². The number of hydrogen-bond donors (Lipinski definition) is 1. The van der Waals surface area contributed by atoms with Gasteiger partial charge in [0.25, 0.3) is 5.78 Å². The van der Waals surface area contributed by atoms with E-state index in [9.17, 15) is 9.59 Å². The van der Waals surface area contributed by atoms with E-state index in [0.29, 0.717) is 11.1 Å². The number of benzene rings is 1. The molecule has 2 rings (SSSR count). The van der Waals surface area contributed by atoms with E-state index in [1.807, 2.05) is 0 Å². The standard InChI is InChI=1S/C14H11NO4/c1-3-6-19-9-4-5-12-10(7-9)11(8-15-12)13(16)14(17)18-2/h1,4-5,7-8,15H,6H2,2H3. The first kappa shape index (κ1) is 12.7. The largest absolute Gasteiger partial charge is 0.481 e. The molecule has 0 bridgehead atoms. The molecule has 1 aromatic heterocycles. The van der Waals surface area contributed by atoms with E-state index in [0.717, 1.165) is 12.6 Å². The topological polar surface area (TPSA) is 68.4 Å². The van der Waals surface area contributed by atoms with Gasteiger partial charge in [-0.15, -0.1) is 6.42 Å². The van der Waals surface area contributed by atoms with E-state index in [1.54, 1.807) is 18.2 Å². The quantitative estimate of drug-likeness (QED) is 0.390. The van der Waals surface area contributed by atoms with Crippen molar-refractivity contribution in [3.05, 3.63) is 30.0 Å². The monoisotopic (exact) mass is 257 g/mol. The zero-order chi connectivity index (χ0) is 13.8. The fourth-order valence-electron chi connectivity index (χ4n) is 1.71. The van der Waals surface area contributed by atoms with Gasteiger partial charge in [0, 0.05) is 17.1 Å². The predicted octanol–water partition coefficient (Wildman–Crippen LogP) is 1.54. The van der Waals surface area contributed by atoms with Crippen molar-refractivity contribution in [1.82, 2.24) is 4.98 Å². The number of hydrogen-bond acceptors (Lipinski definition) is 4. The number of Topliss-reactive ketones (excluding diaryl/α,β-unsaturated/α-hetero) is 1. The number of nitrogens with one attached hydrogen (secondary N) is 1. The predicted molar refractivity (Wildman–Crippen MR) is 69.0 cm³/mol. The number of rotatable bonds is 4. The molecular weight excluding hydrogens is 246 g/mol. The molecule has 0 atom stereocenters. The number of aromatic amines is 1. The molecule has 0 aliphatic heterocycles. The molecule has 5 nitrogen and oxygen atoms in total. The molecule has 1 N–H and O–H groups in total. The van der Waals surface area contributed by atoms with Gasteiger partial charge in [0.05, 0.1) is 12.7 Å². The summed E-state index contributed by atoms with van der Waals surface area (Å²) < 4.78 is 9.70. The number of carbonyl (C=O) groups is 2. The molecule has 5 heteroatoms. The molecule has 0 spiro atoms. The number of fused-ring (bicyclic) bond motifs is 1. The van der Waals surface area contributed by atoms with Crippen LogP contribution < -0.4 is 4.74 Å². The summed E-state index contributed by atoms with van der Waals surface area (Å²) in [5.41, 5.74) is 0.966. The maximum Gasteiger partial charge on any atom is 0.379 e. The highest BCUT2D eigenvalue weighted by atomic mass is 16.5. The average molecular weight is 257 g/mol. The smallest absolute Gasteiger partial charge is 0.379 e. The van der Waals surface area contributed by atoms with Crippen molar-refractivity contribution in [3.63, 3.8) is 0 Å². The Bertz CT molecular complexity index is 678. The van der Waals surface area contributed by atoms with Crippen LogP contribution in [0.4, 0.5) is 0 Å². The maximum absolute atomic E-state index is 11.8. The van der Waals surface area contributed by atoms with Crippen molar-refractivity contribution >= 4 is 22.7 Å². The van der Waals surface area contributed by atoms with E-state index >= 15 is 0 Å². The van der Waals surface area contributed by atoms with Gasteiger partial charge in [0.2, 0.25) is 0 Å². The highest BCUT2D eigenvalue weighted by Gasteiger charge is 2.20. The number of esters is 1. The van der Waals surface area contributed by atoms with Crippen molar-refractivity contribution < 1.29 is 19.1 Å². The molecule has 96 valence electrons. The summed E-state index contributed by atoms with van der Waals surface area (Å²) in [5.74, 6) is 1.27. The second-order valence-corrected chi connectivity index (χ2v) is 3.72. The van der Waals surface area contributed by atoms with Gasteiger partial charge in [-0.2, -0.15) is 0 Å². The number of aromatic nitrogens is 1. The van der Waals surface area contributed by atoms with Crippen LogP contribution in [0.15, 0.2) is 24.4 Å². The Hall–Kier alpha value is -2.74. The summed E-state index contributed by atoms with van der Waals surface area (Å²) in [6, 6.07) is 5.12. The highest BCUT2D eigenvalue weighted by molar-refractivity contribution is 6.42. The number of ether oxygens (including phenoxy) is 2. The van der Waals surface area contributed by atoms with Gasteiger partial charge in [0.1, 0.15) is 12.4 Å². The van der Waals surface area contributed by atoms with Crippen LogP contribution in [0.5, 0.6) is 5.75 Å². The molecule has 0 unspecified atom stereocenters. The molecule has 0 saturated carbocycles. The molecule has 0 aliphatic carbocycles. The SMILES string of the molecule is C#CCOc1ccc2[nH]cc(C(=O)C(=O)OC)c2c1. The lowest BCUT2D eigenvalue weighted by Gasteiger charge is -2.02. The van der Waals surface area contributed by atoms with Crippen molar-refractivity contribution in [2.75, 3.05) is 13.7 Å². The Labute approximate surface area is 109 Å². The van der Waals surface area contributed by atoms with Crippen molar-refractivity contribution in [1.29, 1.82) is 0 Å². The third-order valence-electron chi connectivity index (χ3n) is 2.59. The lowest BCUT2D eigenvalue weighted by atomic mass is 10.1. The van der Waals surface area contributed by atoms with E-state index in [1.165, 1.54) is 6.20 Å². The van der Waals surface area contributed by atoms with Crippen LogP contribution >= 0.6 is 0 Å². The molecule has 1 aromatic carbocycles. The minimum atomic E-state index is -0.907. The van der Waals surface area contributed by atoms with Gasteiger partial charge in [-0.1, -0.05) is 5.92 Å². The second kappa shape index (κ2) is 5.27. The average Bonchev–Trinajstić information content (AvgIpc) is 2.86. The number of terminal acetylenes is 1. The molecule has 1 heterocycles. The molecule has 0 radical (unpaired) electrons. The number of H-pyrrole nitrogens is 1. The fourth-order valence-corrected chi connectivity index (χ4v) is 1.71. The summed E-state index contributed by atoms with van der Waals surface area (Å²) in [5, 5.41) is 0.588. The first-order valence-corrected chi connectivity index (χ1v) is 5.47. The highest BCUT2D eigenvalue weighted by Crippen LogP contribution is 2.24. The fraction of sp³-hybridized carbons (Fsp3) is 0.143. The third-order valence-corrected chi connectivity index (χ3v) is 2.59. The van der Waals surface area contributed by atoms with Gasteiger partial charge in [-0.05, 0) is 18.2 Å². The Morgan fingerprint density at radius 3 is 2.89 bits per heavy atom. The van der Waals surface area contributed by atoms with E-state index in [-0.39, 0.29) is 12.2 Å². The third kappa shape index (κ3) is 2.43. The minimum absolute atomic E-state index is 0.135. The summed E-state index contributed by atoms with van der Waals surface area (Å²) >= 11 is 0. The van der Waals surface area contributed by atoms with Crippen LogP contribution in [0.25, 0.3) is 10.9 Å². The minimum Gasteiger partial charge on any atom is -0.481 e. The van der Waals surface area contributed by atoms with Crippen molar-refractivity contribution in [2.45, 2.75) is 0 Å². The molecule has 19 heavy (non-hydrogen) atoms. The van der Waals surface area contributed by atoms with Gasteiger partial charge in [-0.3, -0.25) is 4.79 Å². The Morgan fingerprint density at radius 2 is 2.21 bits per heavy atom. The Kier molecular flexibility index (Phi) is 3.53. The molecular formula is C14H11NO4. The number of carbonyl (C=O) groups excluding carboxylic acids is 2. The van der Waals surface area contributed by atoms with Crippen LogP contribution in [0, 0.1) is 12.3 Å². The summed E-state index contributed by atoms with van der Waals surface area (Å²) in [6.07, 6.45) is 6.58. The molecule has 0 fully saturated rings. The second-order valence-electron chi connectivity index (χ2n) is 3.72. The number of ketones is 1. The first-order valence-electron chi connectivity index (χ1n) is 5.47. The zero-order valence-electron chi connectivity index (χ0n) is 10.2. The zero-order valence-corrected chi connectivity index (χ0v) is 10.2. The first-order chi connectivity index (χ1) is 9.17. The van der Waals surface area contributed by atoms with Gasteiger partial charge in [0.15, 0.2) is 0 Å². The lowest BCUT2D eigenvalue weighted by molar-refractivity contribution is -0.135. The van der Waals surface area contributed by atoms with E-state index in [2.05, 4.69) is 15.6 Å². The van der Waals surface area contributed by atoms with Crippen LogP contribution in [0.3, 0.4) is 0 Å². The van der Waals surface area contributed by atoms with Crippen molar-refractivity contribution in [2.24, 2.45) is 0 Å². The van der Waals surface area contributed by atoms with E-state index < -0.39 is 11.8 Å². The molecule has 0 amide bonds. The number of methoxy groups -OCH3 is 1. The molecule has 0 aliphatic rings. The normalized spacial score (nSPS) is 9.89. The molecule has 2 aromatic rings. The Morgan fingerprint density at radius 1 is 1.42 bits per heavy atom. The maximum atomic E-state index is 11.8. The van der Waals surface area contributed by atoms with Crippen LogP contribution in [-0.2, 0) is 9.53 Å². The van der Waals surface area contributed by atoms with Gasteiger partial charge >= 0.3 is 5.97 Å². The van der Waals surface area contributed by atoms with Crippen LogP contribution in [-0.4, -0.2) is 30.5 Å². The lowest BCUT2D eigenvalue weighted by Crippen LogP contribution is -2.15. The summed E-state index contributed by atoms with van der Waals surface area (Å²) in [6.45, 7) is 0.135. The summed E-state index contributed by atoms with van der Waals surface area (Å²) in [7, 11) is 1.16. The van der Waals surface area contributed by atoms with Crippen LogP contribution in [0.2, 0.25) is 0 Å². The molecule has 0 saturated heterocycles. The van der Waals surface area contributed by atoms with Crippen molar-refractivity contribution in [3.8, 4) is 18.1 Å². The Balaban J connectivity index is 2.43. The van der Waals surface area contributed by atoms with Gasteiger partial charge < -0.3 is 14.5 Å². The van der Waals surface area contributed by atoms with E-state index in [4.69, 9.17) is 11.2 Å². The van der Waals surface area contributed by atoms with Crippen LogP contribution in [0.1, 0.15) is 10.4 Å².